The maximum absolute atomic E-state index is 6.21. The van der Waals surface area contributed by atoms with Gasteiger partial charge >= 0.3 is 0 Å². The molecule has 0 spiro atoms. The van der Waals surface area contributed by atoms with Crippen molar-refractivity contribution in [3.05, 3.63) is 77.9 Å². The third kappa shape index (κ3) is 1.60. The highest BCUT2D eigenvalue weighted by molar-refractivity contribution is 6.01. The maximum Gasteiger partial charge on any atom is 0.0490 e. The lowest BCUT2D eigenvalue weighted by atomic mass is 9.86. The van der Waals surface area contributed by atoms with Gasteiger partial charge in [-0.15, -0.1) is 0 Å². The Kier molecular flexibility index (Phi) is 2.48. The lowest BCUT2D eigenvalue weighted by Crippen LogP contribution is -2.10. The molecule has 0 saturated heterocycles. The summed E-state index contributed by atoms with van der Waals surface area (Å²) in [7, 11) is 0. The van der Waals surface area contributed by atoms with Gasteiger partial charge in [0.15, 0.2) is 0 Å². The Hall–Kier alpha value is -2.38. The Balaban J connectivity index is 2.10. The van der Waals surface area contributed by atoms with Crippen LogP contribution in [-0.2, 0) is 0 Å². The first-order chi connectivity index (χ1) is 9.84. The molecule has 1 atom stereocenters. The van der Waals surface area contributed by atoms with Gasteiger partial charge in [-0.3, -0.25) is 0 Å². The topological polar surface area (TPSA) is 26.0 Å². The van der Waals surface area contributed by atoms with Crippen molar-refractivity contribution in [1.82, 2.24) is 0 Å². The Morgan fingerprint density at radius 2 is 1.65 bits per heavy atom. The highest BCUT2D eigenvalue weighted by Gasteiger charge is 2.17. The summed E-state index contributed by atoms with van der Waals surface area (Å²) in [6.45, 7) is 0. The lowest BCUT2D eigenvalue weighted by Gasteiger charge is -2.20. The molecule has 0 fully saturated rings. The molecule has 3 aromatic rings. The van der Waals surface area contributed by atoms with E-state index in [2.05, 4.69) is 66.7 Å². The normalized spacial score (nSPS) is 16.6. The van der Waals surface area contributed by atoms with E-state index < -0.39 is 0 Å². The van der Waals surface area contributed by atoms with Crippen LogP contribution in [0.1, 0.15) is 17.2 Å². The predicted octanol–water partition coefficient (Wildman–Crippen LogP) is 4.53. The molecule has 0 amide bonds. The number of hydrogen-bond donors (Lipinski definition) is 1. The molecule has 1 aliphatic carbocycles. The van der Waals surface area contributed by atoms with E-state index in [9.17, 15) is 0 Å². The van der Waals surface area contributed by atoms with E-state index in [1.807, 2.05) is 6.07 Å². The number of benzene rings is 3. The van der Waals surface area contributed by atoms with Crippen molar-refractivity contribution in [2.45, 2.75) is 6.04 Å². The average molecular weight is 257 g/mol. The fraction of sp³-hybridized carbons (Fsp3) is 0.0526. The SMILES string of the molecule is NC1C=Cc2c(-c3ccccc3)ccc3cccc1c23. The van der Waals surface area contributed by atoms with Gasteiger partial charge < -0.3 is 5.73 Å². The Morgan fingerprint density at radius 3 is 2.50 bits per heavy atom. The summed E-state index contributed by atoms with van der Waals surface area (Å²) in [4.78, 5) is 0. The molecule has 1 aliphatic rings. The van der Waals surface area contributed by atoms with Gasteiger partial charge in [-0.25, -0.2) is 0 Å². The summed E-state index contributed by atoms with van der Waals surface area (Å²) < 4.78 is 0. The molecule has 1 unspecified atom stereocenters. The second kappa shape index (κ2) is 4.32. The lowest BCUT2D eigenvalue weighted by molar-refractivity contribution is 0.922. The summed E-state index contributed by atoms with van der Waals surface area (Å²) in [5.74, 6) is 0. The highest BCUT2D eigenvalue weighted by Crippen LogP contribution is 2.38. The zero-order chi connectivity index (χ0) is 13.5. The third-order valence-electron chi connectivity index (χ3n) is 4.03. The quantitative estimate of drug-likeness (QED) is 0.680. The van der Waals surface area contributed by atoms with E-state index in [4.69, 9.17) is 5.73 Å². The summed E-state index contributed by atoms with van der Waals surface area (Å²) in [5.41, 5.74) is 11.2. The number of hydrogen-bond acceptors (Lipinski definition) is 1. The molecule has 4 rings (SSSR count). The van der Waals surface area contributed by atoms with Gasteiger partial charge in [0.1, 0.15) is 0 Å². The molecule has 20 heavy (non-hydrogen) atoms. The van der Waals surface area contributed by atoms with Crippen LogP contribution in [0.2, 0.25) is 0 Å². The van der Waals surface area contributed by atoms with Crippen LogP contribution in [0, 0.1) is 0 Å². The second-order valence-electron chi connectivity index (χ2n) is 5.22. The standard InChI is InChI=1S/C19H15N/c20-18-12-11-16-15(13-5-2-1-3-6-13)10-9-14-7-4-8-17(18)19(14)16/h1-12,18H,20H2. The number of rotatable bonds is 1. The van der Waals surface area contributed by atoms with Crippen molar-refractivity contribution in [1.29, 1.82) is 0 Å². The molecule has 3 aromatic carbocycles. The molecule has 0 aromatic heterocycles. The molecule has 1 nitrogen and oxygen atoms in total. The largest absolute Gasteiger partial charge is 0.321 e. The molecule has 0 radical (unpaired) electrons. The minimum atomic E-state index is -0.00257. The maximum atomic E-state index is 6.21. The van der Waals surface area contributed by atoms with E-state index in [0.29, 0.717) is 0 Å². The monoisotopic (exact) mass is 257 g/mol. The van der Waals surface area contributed by atoms with Gasteiger partial charge in [-0.05, 0) is 33.0 Å². The van der Waals surface area contributed by atoms with Crippen molar-refractivity contribution in [3.8, 4) is 11.1 Å². The molecule has 0 saturated carbocycles. The number of nitrogens with two attached hydrogens (primary N) is 1. The molecule has 0 aliphatic heterocycles. The zero-order valence-corrected chi connectivity index (χ0v) is 11.1. The van der Waals surface area contributed by atoms with Gasteiger partial charge in [-0.1, -0.05) is 72.8 Å². The van der Waals surface area contributed by atoms with E-state index in [1.165, 1.54) is 33.0 Å². The van der Waals surface area contributed by atoms with E-state index in [0.717, 1.165) is 0 Å². The van der Waals surface area contributed by atoms with Gasteiger partial charge in [-0.2, -0.15) is 0 Å². The van der Waals surface area contributed by atoms with Gasteiger partial charge in [0.25, 0.3) is 0 Å². The van der Waals surface area contributed by atoms with Crippen LogP contribution in [0.15, 0.2) is 66.7 Å². The van der Waals surface area contributed by atoms with Crippen molar-refractivity contribution in [3.63, 3.8) is 0 Å². The van der Waals surface area contributed by atoms with Crippen LogP contribution in [0.4, 0.5) is 0 Å². The summed E-state index contributed by atoms with van der Waals surface area (Å²) in [6, 6.07) is 21.3. The highest BCUT2D eigenvalue weighted by atomic mass is 14.6. The Labute approximate surface area is 118 Å². The first-order valence-electron chi connectivity index (χ1n) is 6.89. The van der Waals surface area contributed by atoms with E-state index in [1.54, 1.807) is 0 Å². The minimum absolute atomic E-state index is 0.00257. The Morgan fingerprint density at radius 1 is 0.800 bits per heavy atom. The van der Waals surface area contributed by atoms with Crippen molar-refractivity contribution in [2.24, 2.45) is 5.73 Å². The summed E-state index contributed by atoms with van der Waals surface area (Å²) >= 11 is 0. The predicted molar refractivity (Wildman–Crippen MR) is 85.3 cm³/mol. The molecule has 2 N–H and O–H groups in total. The average Bonchev–Trinajstić information content (AvgIpc) is 2.52. The molecular weight excluding hydrogens is 242 g/mol. The first-order valence-corrected chi connectivity index (χ1v) is 6.89. The molecule has 0 bridgehead atoms. The summed E-state index contributed by atoms with van der Waals surface area (Å²) in [5, 5.41) is 2.56. The molecule has 1 heteroatoms. The smallest absolute Gasteiger partial charge is 0.0490 e. The van der Waals surface area contributed by atoms with Crippen molar-refractivity contribution < 1.29 is 0 Å². The van der Waals surface area contributed by atoms with Crippen LogP contribution in [-0.4, -0.2) is 0 Å². The Bertz CT molecular complexity index is 816. The summed E-state index contributed by atoms with van der Waals surface area (Å²) in [6.07, 6.45) is 4.26. The first kappa shape index (κ1) is 11.4. The van der Waals surface area contributed by atoms with Gasteiger partial charge in [0.05, 0.1) is 0 Å². The third-order valence-corrected chi connectivity index (χ3v) is 4.03. The van der Waals surface area contributed by atoms with Crippen LogP contribution in [0.25, 0.3) is 28.0 Å². The second-order valence-corrected chi connectivity index (χ2v) is 5.22. The minimum Gasteiger partial charge on any atom is -0.321 e. The molecule has 0 heterocycles. The van der Waals surface area contributed by atoms with Crippen LogP contribution < -0.4 is 5.73 Å². The van der Waals surface area contributed by atoms with Crippen LogP contribution in [0.3, 0.4) is 0 Å². The zero-order valence-electron chi connectivity index (χ0n) is 11.1. The van der Waals surface area contributed by atoms with E-state index in [-0.39, 0.29) is 6.04 Å². The van der Waals surface area contributed by atoms with Crippen LogP contribution >= 0.6 is 0 Å². The van der Waals surface area contributed by atoms with E-state index >= 15 is 0 Å². The van der Waals surface area contributed by atoms with Crippen molar-refractivity contribution >= 4 is 16.8 Å². The molecule has 96 valence electrons. The fourth-order valence-corrected chi connectivity index (χ4v) is 3.06. The molecular formula is C19H15N. The van der Waals surface area contributed by atoms with Gasteiger partial charge in [0.2, 0.25) is 0 Å². The van der Waals surface area contributed by atoms with Crippen LogP contribution in [0.5, 0.6) is 0 Å². The van der Waals surface area contributed by atoms with Gasteiger partial charge in [0, 0.05) is 6.04 Å². The van der Waals surface area contributed by atoms with Crippen molar-refractivity contribution in [2.75, 3.05) is 0 Å². The fourth-order valence-electron chi connectivity index (χ4n) is 3.06.